The molecule has 1 heterocycles. The number of hydroxylamine groups is 2. The molecular weight excluding hydrogens is 513 g/mol. The molecule has 39 heavy (non-hydrogen) atoms. The highest BCUT2D eigenvalue weighted by Crippen LogP contribution is 2.40. The molecule has 2 atom stereocenters. The number of benzene rings is 3. The van der Waals surface area contributed by atoms with Gasteiger partial charge in [0.05, 0.1) is 33.3 Å². The average Bonchev–Trinajstić information content (AvgIpc) is 3.45. The van der Waals surface area contributed by atoms with Crippen LogP contribution in [-0.4, -0.2) is 51.0 Å². The van der Waals surface area contributed by atoms with E-state index < -0.39 is 20.0 Å². The Kier molecular flexibility index (Phi) is 9.91. The van der Waals surface area contributed by atoms with Crippen LogP contribution < -0.4 is 14.8 Å². The summed E-state index contributed by atoms with van der Waals surface area (Å²) in [6.45, 7) is 2.76. The van der Waals surface area contributed by atoms with Crippen molar-refractivity contribution in [3.05, 3.63) is 95.6 Å². The second kappa shape index (κ2) is 13.5. The number of rotatable bonds is 12. The molecule has 1 N–H and O–H groups in total. The summed E-state index contributed by atoms with van der Waals surface area (Å²) in [5, 5.41) is 13.9. The van der Waals surface area contributed by atoms with Crippen LogP contribution in [0.4, 0.5) is 0 Å². The van der Waals surface area contributed by atoms with E-state index in [0.717, 1.165) is 34.6 Å². The van der Waals surface area contributed by atoms with Gasteiger partial charge in [0.15, 0.2) is 8.38 Å². The maximum atomic E-state index is 14.1. The van der Waals surface area contributed by atoms with E-state index in [4.69, 9.17) is 23.9 Å². The Morgan fingerprint density at radius 2 is 1.54 bits per heavy atom. The van der Waals surface area contributed by atoms with Crippen molar-refractivity contribution in [1.82, 2.24) is 10.4 Å². The first-order valence-electron chi connectivity index (χ1n) is 12.9. The molecule has 1 aliphatic heterocycles. The minimum Gasteiger partial charge on any atom is -0.497 e. The normalized spacial score (nSPS) is 16.3. The quantitative estimate of drug-likeness (QED) is 0.185. The molecule has 3 aromatic carbocycles. The maximum absolute atomic E-state index is 14.1. The van der Waals surface area contributed by atoms with E-state index in [1.165, 1.54) is 0 Å². The number of methoxy groups -OCH3 is 2. The second-order valence-electron chi connectivity index (χ2n) is 9.12. The van der Waals surface area contributed by atoms with Crippen molar-refractivity contribution in [2.24, 2.45) is 0 Å². The topological polar surface area (TPSA) is 93.0 Å². The van der Waals surface area contributed by atoms with Gasteiger partial charge in [0.2, 0.25) is 5.91 Å². The zero-order valence-corrected chi connectivity index (χ0v) is 23.4. The van der Waals surface area contributed by atoms with Crippen LogP contribution in [0.15, 0.2) is 78.9 Å². The molecule has 0 bridgehead atoms. The van der Waals surface area contributed by atoms with Gasteiger partial charge in [-0.15, -0.1) is 0 Å². The minimum absolute atomic E-state index is 0.150. The van der Waals surface area contributed by atoms with E-state index in [0.29, 0.717) is 26.0 Å². The molecular formula is C30H34N3O5P. The van der Waals surface area contributed by atoms with Gasteiger partial charge in [-0.2, -0.15) is 10.3 Å². The summed E-state index contributed by atoms with van der Waals surface area (Å²) in [4.78, 5) is 14.1. The summed E-state index contributed by atoms with van der Waals surface area (Å²) < 4.78 is 22.5. The summed E-state index contributed by atoms with van der Waals surface area (Å²) in [5.41, 5.74) is 1.69. The zero-order chi connectivity index (χ0) is 27.7. The number of nitrogens with zero attached hydrogens (tertiary/aromatic N) is 2. The summed E-state index contributed by atoms with van der Waals surface area (Å²) in [6.07, 6.45) is 1.77. The van der Waals surface area contributed by atoms with E-state index in [1.54, 1.807) is 19.3 Å². The Bertz CT molecular complexity index is 1200. The molecule has 1 fully saturated rings. The molecule has 1 aliphatic rings. The van der Waals surface area contributed by atoms with Crippen LogP contribution in [0.1, 0.15) is 36.0 Å². The van der Waals surface area contributed by atoms with E-state index in [2.05, 4.69) is 11.4 Å². The SMILES string of the molecule is COc1ccc(C(NC(=O)[C@@H]2CCCN2OP(C)OCCC#N)(c2ccccc2)c2ccc(OC)cc2)cc1. The molecule has 0 aromatic heterocycles. The Morgan fingerprint density at radius 1 is 0.974 bits per heavy atom. The fourth-order valence-electron chi connectivity index (χ4n) is 4.85. The molecule has 4 rings (SSSR count). The lowest BCUT2D eigenvalue weighted by molar-refractivity contribution is -0.139. The lowest BCUT2D eigenvalue weighted by Gasteiger charge is -2.38. The summed E-state index contributed by atoms with van der Waals surface area (Å²) >= 11 is 0. The van der Waals surface area contributed by atoms with Gasteiger partial charge < -0.3 is 19.3 Å². The fraction of sp³-hybridized carbons (Fsp3) is 0.333. The van der Waals surface area contributed by atoms with Crippen molar-refractivity contribution in [2.45, 2.75) is 30.8 Å². The number of amides is 1. The largest absolute Gasteiger partial charge is 0.497 e. The van der Waals surface area contributed by atoms with Gasteiger partial charge in [0.25, 0.3) is 0 Å². The number of carbonyl (C=O) groups excluding carboxylic acids is 1. The number of carbonyl (C=O) groups is 1. The molecule has 0 aliphatic carbocycles. The van der Waals surface area contributed by atoms with Crippen LogP contribution in [0.25, 0.3) is 0 Å². The molecule has 1 amide bonds. The van der Waals surface area contributed by atoms with Gasteiger partial charge in [0, 0.05) is 13.2 Å². The smallest absolute Gasteiger partial charge is 0.240 e. The lowest BCUT2D eigenvalue weighted by Crippen LogP contribution is -2.53. The standard InChI is InChI=1S/C30H34N3O5P/c1-35-26-16-12-24(13-17-26)30(23-9-5-4-6-10-23,25-14-18-27(36-2)19-15-25)32-29(34)28-11-7-21-33(28)38-39(3)37-22-8-20-31/h4-6,9-10,12-19,28H,7-8,11,21-22H2,1-3H3,(H,32,34)/t28-,39?/m0/s1. The first kappa shape index (κ1) is 28.5. The number of ether oxygens (including phenoxy) is 2. The first-order chi connectivity index (χ1) is 19.0. The van der Waals surface area contributed by atoms with Gasteiger partial charge in [-0.1, -0.05) is 54.6 Å². The molecule has 204 valence electrons. The van der Waals surface area contributed by atoms with E-state index >= 15 is 0 Å². The van der Waals surface area contributed by atoms with Crippen molar-refractivity contribution in [3.8, 4) is 17.6 Å². The Labute approximate surface area is 231 Å². The molecule has 8 nitrogen and oxygen atoms in total. The Balaban J connectivity index is 1.73. The number of nitriles is 1. The highest BCUT2D eigenvalue weighted by atomic mass is 31.2. The second-order valence-corrected chi connectivity index (χ2v) is 10.4. The fourth-order valence-corrected chi connectivity index (χ4v) is 5.73. The molecule has 0 saturated carbocycles. The molecule has 0 radical (unpaired) electrons. The zero-order valence-electron chi connectivity index (χ0n) is 22.5. The third-order valence-corrected chi connectivity index (χ3v) is 7.76. The number of nitrogens with one attached hydrogen (secondary N) is 1. The van der Waals surface area contributed by atoms with Gasteiger partial charge in [-0.3, -0.25) is 4.79 Å². The highest BCUT2D eigenvalue weighted by Gasteiger charge is 2.42. The van der Waals surface area contributed by atoms with Crippen LogP contribution in [0, 0.1) is 11.3 Å². The molecule has 0 spiro atoms. The van der Waals surface area contributed by atoms with Crippen molar-refractivity contribution in [1.29, 1.82) is 5.26 Å². The highest BCUT2D eigenvalue weighted by molar-refractivity contribution is 7.46. The van der Waals surface area contributed by atoms with E-state index in [9.17, 15) is 4.79 Å². The summed E-state index contributed by atoms with van der Waals surface area (Å²) in [5.74, 6) is 1.30. The van der Waals surface area contributed by atoms with Crippen LogP contribution in [0.2, 0.25) is 0 Å². The summed E-state index contributed by atoms with van der Waals surface area (Å²) in [6, 6.07) is 27.0. The predicted octanol–water partition coefficient (Wildman–Crippen LogP) is 5.38. The van der Waals surface area contributed by atoms with Crippen molar-refractivity contribution >= 4 is 14.3 Å². The third-order valence-electron chi connectivity index (χ3n) is 6.78. The van der Waals surface area contributed by atoms with Gasteiger partial charge in [-0.05, 0) is 53.8 Å². The van der Waals surface area contributed by atoms with Crippen LogP contribution in [0.5, 0.6) is 11.5 Å². The first-order valence-corrected chi connectivity index (χ1v) is 14.5. The van der Waals surface area contributed by atoms with Crippen LogP contribution in [-0.2, 0) is 19.5 Å². The lowest BCUT2D eigenvalue weighted by atomic mass is 9.76. The minimum atomic E-state index is -1.26. The van der Waals surface area contributed by atoms with Gasteiger partial charge >= 0.3 is 0 Å². The maximum Gasteiger partial charge on any atom is 0.240 e. The van der Waals surface area contributed by atoms with Gasteiger partial charge in [0.1, 0.15) is 23.1 Å². The van der Waals surface area contributed by atoms with Gasteiger partial charge in [-0.25, -0.2) is 4.62 Å². The monoisotopic (exact) mass is 547 g/mol. The number of hydrogen-bond acceptors (Lipinski definition) is 7. The van der Waals surface area contributed by atoms with Crippen LogP contribution >= 0.6 is 8.38 Å². The van der Waals surface area contributed by atoms with Crippen molar-refractivity contribution < 1.29 is 23.4 Å². The molecule has 9 heteroatoms. The van der Waals surface area contributed by atoms with Crippen LogP contribution in [0.3, 0.4) is 0 Å². The summed E-state index contributed by atoms with van der Waals surface area (Å²) in [7, 11) is 2.00. The molecule has 1 unspecified atom stereocenters. The average molecular weight is 548 g/mol. The van der Waals surface area contributed by atoms with Crippen molar-refractivity contribution in [3.63, 3.8) is 0 Å². The van der Waals surface area contributed by atoms with Crippen molar-refractivity contribution in [2.75, 3.05) is 34.0 Å². The molecule has 1 saturated heterocycles. The Morgan fingerprint density at radius 3 is 2.08 bits per heavy atom. The number of hydrogen-bond donors (Lipinski definition) is 1. The molecule has 3 aromatic rings. The van der Waals surface area contributed by atoms with E-state index in [1.807, 2.05) is 85.5 Å². The predicted molar refractivity (Wildman–Crippen MR) is 150 cm³/mol. The van der Waals surface area contributed by atoms with E-state index in [-0.39, 0.29) is 5.91 Å². The Hall–Kier alpha value is -3.47. The third kappa shape index (κ3) is 6.58.